The molecule has 0 heterocycles. The molecule has 0 fully saturated rings. The molecule has 0 atom stereocenters. The predicted molar refractivity (Wildman–Crippen MR) is 143 cm³/mol. The molecular weight excluding hydrogens is 474 g/mol. The van der Waals surface area contributed by atoms with E-state index < -0.39 is 5.91 Å². The van der Waals surface area contributed by atoms with Gasteiger partial charge in [0.1, 0.15) is 24.7 Å². The summed E-state index contributed by atoms with van der Waals surface area (Å²) in [7, 11) is 0. The highest BCUT2D eigenvalue weighted by atomic mass is 32.1. The highest BCUT2D eigenvalue weighted by Gasteiger charge is 2.14. The summed E-state index contributed by atoms with van der Waals surface area (Å²) in [5, 5.41) is 4.60. The van der Waals surface area contributed by atoms with Crippen LogP contribution in [0.1, 0.15) is 15.9 Å². The van der Waals surface area contributed by atoms with E-state index in [-0.39, 0.29) is 24.0 Å². The van der Waals surface area contributed by atoms with Crippen LogP contribution in [-0.4, -0.2) is 30.1 Å². The molecule has 0 unspecified atom stereocenters. The van der Waals surface area contributed by atoms with Gasteiger partial charge in [-0.1, -0.05) is 72.8 Å². The van der Waals surface area contributed by atoms with Crippen LogP contribution in [-0.2, 0) is 11.2 Å². The molecule has 2 amide bonds. The summed E-state index contributed by atoms with van der Waals surface area (Å²) < 4.78 is 11.4. The number of amides is 2. The Morgan fingerprint density at radius 2 is 1.42 bits per heavy atom. The Morgan fingerprint density at radius 3 is 2.28 bits per heavy atom. The fourth-order valence-electron chi connectivity index (χ4n) is 3.60. The first-order valence-electron chi connectivity index (χ1n) is 11.4. The summed E-state index contributed by atoms with van der Waals surface area (Å²) in [6.45, 7) is 0.578. The summed E-state index contributed by atoms with van der Waals surface area (Å²) >= 11 is 5.18. The van der Waals surface area contributed by atoms with E-state index in [2.05, 4.69) is 16.2 Å². The van der Waals surface area contributed by atoms with Gasteiger partial charge < -0.3 is 9.47 Å². The predicted octanol–water partition coefficient (Wildman–Crippen LogP) is 4.18. The maximum absolute atomic E-state index is 12.7. The number of fused-ring (bicyclic) bond motifs is 1. The Morgan fingerprint density at radius 1 is 0.722 bits per heavy atom. The molecule has 0 bridgehead atoms. The average Bonchev–Trinajstić information content (AvgIpc) is 2.91. The van der Waals surface area contributed by atoms with Gasteiger partial charge in [-0.3, -0.25) is 25.8 Å². The zero-order chi connectivity index (χ0) is 25.2. The molecule has 182 valence electrons. The van der Waals surface area contributed by atoms with Crippen molar-refractivity contribution in [2.24, 2.45) is 0 Å². The fraction of sp³-hybridized carbons (Fsp3) is 0.107. The van der Waals surface area contributed by atoms with Gasteiger partial charge in [-0.15, -0.1) is 0 Å². The zero-order valence-corrected chi connectivity index (χ0v) is 20.2. The standard InChI is InChI=1S/C28H25N3O4S/c32-26(19-21-11-8-10-20-9-4-5-14-23(20)21)30-31-28(36)29-27(33)24-15-6-7-16-25(24)35-18-17-34-22-12-2-1-3-13-22/h1-16H,17-19H2,(H,30,32)(H2,29,31,33,36). The minimum absolute atomic E-state index is 0.0338. The van der Waals surface area contributed by atoms with Gasteiger partial charge in [0, 0.05) is 0 Å². The number of carbonyl (C=O) groups is 2. The molecule has 0 saturated carbocycles. The second kappa shape index (κ2) is 12.3. The number of hydrazine groups is 1. The lowest BCUT2D eigenvalue weighted by atomic mass is 10.0. The minimum atomic E-state index is -0.463. The van der Waals surface area contributed by atoms with E-state index in [0.717, 1.165) is 22.1 Å². The fourth-order valence-corrected chi connectivity index (χ4v) is 3.74. The van der Waals surface area contributed by atoms with Crippen molar-refractivity contribution in [3.63, 3.8) is 0 Å². The lowest BCUT2D eigenvalue weighted by molar-refractivity contribution is -0.121. The van der Waals surface area contributed by atoms with E-state index in [1.807, 2.05) is 72.8 Å². The van der Waals surface area contributed by atoms with Crippen LogP contribution in [0, 0.1) is 0 Å². The van der Waals surface area contributed by atoms with Crippen LogP contribution in [0.2, 0.25) is 0 Å². The number of hydrogen-bond acceptors (Lipinski definition) is 5. The lowest BCUT2D eigenvalue weighted by Gasteiger charge is -2.14. The van der Waals surface area contributed by atoms with Gasteiger partial charge in [0.15, 0.2) is 5.11 Å². The largest absolute Gasteiger partial charge is 0.490 e. The number of carbonyl (C=O) groups excluding carboxylic acids is 2. The van der Waals surface area contributed by atoms with Crippen molar-refractivity contribution in [2.75, 3.05) is 13.2 Å². The second-order valence-corrected chi connectivity index (χ2v) is 8.19. The summed E-state index contributed by atoms with van der Waals surface area (Å²) in [5.74, 6) is 0.390. The van der Waals surface area contributed by atoms with E-state index in [1.165, 1.54) is 0 Å². The molecule has 0 aliphatic heterocycles. The zero-order valence-electron chi connectivity index (χ0n) is 19.4. The summed E-state index contributed by atoms with van der Waals surface area (Å²) in [4.78, 5) is 25.2. The first-order valence-corrected chi connectivity index (χ1v) is 11.8. The van der Waals surface area contributed by atoms with Crippen molar-refractivity contribution in [2.45, 2.75) is 6.42 Å². The van der Waals surface area contributed by atoms with Gasteiger partial charge in [0.05, 0.1) is 12.0 Å². The quantitative estimate of drug-likeness (QED) is 0.192. The van der Waals surface area contributed by atoms with E-state index in [9.17, 15) is 9.59 Å². The molecule has 4 aromatic rings. The number of benzene rings is 4. The van der Waals surface area contributed by atoms with Crippen molar-refractivity contribution in [3.8, 4) is 11.5 Å². The molecule has 3 N–H and O–H groups in total. The van der Waals surface area contributed by atoms with Crippen LogP contribution in [0.15, 0.2) is 97.1 Å². The molecule has 0 saturated heterocycles. The van der Waals surface area contributed by atoms with Gasteiger partial charge in [0.2, 0.25) is 5.91 Å². The number of ether oxygens (including phenoxy) is 2. The Labute approximate surface area is 214 Å². The first kappa shape index (κ1) is 24.7. The highest BCUT2D eigenvalue weighted by molar-refractivity contribution is 7.80. The van der Waals surface area contributed by atoms with Crippen molar-refractivity contribution in [3.05, 3.63) is 108 Å². The van der Waals surface area contributed by atoms with Crippen molar-refractivity contribution in [1.29, 1.82) is 0 Å². The maximum Gasteiger partial charge on any atom is 0.261 e. The average molecular weight is 500 g/mol. The van der Waals surface area contributed by atoms with Crippen LogP contribution in [0.4, 0.5) is 0 Å². The maximum atomic E-state index is 12.7. The first-order chi connectivity index (χ1) is 17.6. The monoisotopic (exact) mass is 499 g/mol. The highest BCUT2D eigenvalue weighted by Crippen LogP contribution is 2.19. The summed E-state index contributed by atoms with van der Waals surface area (Å²) in [5.41, 5.74) is 6.31. The number of para-hydroxylation sites is 2. The Hall–Kier alpha value is -4.43. The van der Waals surface area contributed by atoms with Crippen LogP contribution < -0.4 is 25.6 Å². The number of rotatable bonds is 8. The normalized spacial score (nSPS) is 10.3. The molecule has 4 aromatic carbocycles. The van der Waals surface area contributed by atoms with E-state index in [4.69, 9.17) is 21.7 Å². The molecule has 0 aliphatic carbocycles. The van der Waals surface area contributed by atoms with Crippen LogP contribution in [0.25, 0.3) is 10.8 Å². The summed E-state index contributed by atoms with van der Waals surface area (Å²) in [6, 6.07) is 29.9. The summed E-state index contributed by atoms with van der Waals surface area (Å²) in [6.07, 6.45) is 0.159. The smallest absolute Gasteiger partial charge is 0.261 e. The van der Waals surface area contributed by atoms with Gasteiger partial charge in [-0.2, -0.15) is 0 Å². The topological polar surface area (TPSA) is 88.7 Å². The molecule has 4 rings (SSSR count). The lowest BCUT2D eigenvalue weighted by Crippen LogP contribution is -2.48. The molecule has 0 spiro atoms. The number of hydrogen-bond donors (Lipinski definition) is 3. The van der Waals surface area contributed by atoms with Gasteiger partial charge in [-0.25, -0.2) is 0 Å². The van der Waals surface area contributed by atoms with E-state index >= 15 is 0 Å². The van der Waals surface area contributed by atoms with Gasteiger partial charge >= 0.3 is 0 Å². The van der Waals surface area contributed by atoms with Gasteiger partial charge in [0.25, 0.3) is 5.91 Å². The Bertz CT molecular complexity index is 1360. The third kappa shape index (κ3) is 6.80. The molecule has 8 heteroatoms. The molecule has 0 aliphatic rings. The van der Waals surface area contributed by atoms with E-state index in [1.54, 1.807) is 24.3 Å². The van der Waals surface area contributed by atoms with Crippen molar-refractivity contribution < 1.29 is 19.1 Å². The van der Waals surface area contributed by atoms with Crippen LogP contribution in [0.3, 0.4) is 0 Å². The second-order valence-electron chi connectivity index (χ2n) is 7.78. The van der Waals surface area contributed by atoms with Crippen LogP contribution >= 0.6 is 12.2 Å². The Balaban J connectivity index is 1.25. The van der Waals surface area contributed by atoms with Crippen molar-refractivity contribution >= 4 is 39.9 Å². The van der Waals surface area contributed by atoms with Gasteiger partial charge in [-0.05, 0) is 52.8 Å². The third-order valence-electron chi connectivity index (χ3n) is 5.26. The van der Waals surface area contributed by atoms with Crippen LogP contribution in [0.5, 0.6) is 11.5 Å². The molecule has 0 aromatic heterocycles. The minimum Gasteiger partial charge on any atom is -0.490 e. The molecule has 7 nitrogen and oxygen atoms in total. The molecule has 0 radical (unpaired) electrons. The van der Waals surface area contributed by atoms with Crippen molar-refractivity contribution in [1.82, 2.24) is 16.2 Å². The number of thiocarbonyl (C=S) groups is 1. The van der Waals surface area contributed by atoms with E-state index in [0.29, 0.717) is 17.9 Å². The molecular formula is C28H25N3O4S. The third-order valence-corrected chi connectivity index (χ3v) is 5.46. The Kier molecular flexibility index (Phi) is 8.45. The number of nitrogens with one attached hydrogen (secondary N) is 3. The SMILES string of the molecule is O=C(Cc1cccc2ccccc12)NNC(=S)NC(=O)c1ccccc1OCCOc1ccccc1. The molecule has 36 heavy (non-hydrogen) atoms.